The van der Waals surface area contributed by atoms with Gasteiger partial charge in [-0.1, -0.05) is 17.3 Å². The van der Waals surface area contributed by atoms with Crippen molar-refractivity contribution in [1.29, 1.82) is 0 Å². The maximum atomic E-state index is 5.62. The van der Waals surface area contributed by atoms with E-state index in [2.05, 4.69) is 20.1 Å². The summed E-state index contributed by atoms with van der Waals surface area (Å²) in [4.78, 5) is 12.0. The van der Waals surface area contributed by atoms with E-state index in [1.54, 1.807) is 6.07 Å². The Bertz CT molecular complexity index is 648. The Morgan fingerprint density at radius 2 is 1.67 bits per heavy atom. The summed E-state index contributed by atoms with van der Waals surface area (Å²) >= 11 is 0. The molecule has 3 aromatic rings. The highest BCUT2D eigenvalue weighted by atomic mass is 16.5. The first-order valence-electron chi connectivity index (χ1n) is 5.28. The van der Waals surface area contributed by atoms with Gasteiger partial charge in [-0.25, -0.2) is 9.97 Å². The lowest BCUT2D eigenvalue weighted by atomic mass is 10.1. The molecule has 0 bridgehead atoms. The van der Waals surface area contributed by atoms with E-state index in [-0.39, 0.29) is 0 Å². The predicted molar refractivity (Wildman–Crippen MR) is 65.2 cm³/mol. The molecule has 0 amide bonds. The van der Waals surface area contributed by atoms with Gasteiger partial charge < -0.3 is 10.3 Å². The van der Waals surface area contributed by atoms with Crippen molar-refractivity contribution >= 4 is 5.82 Å². The number of hydrogen-bond acceptors (Lipinski definition) is 6. The summed E-state index contributed by atoms with van der Waals surface area (Å²) in [6, 6.07) is 9.34. The second kappa shape index (κ2) is 4.25. The van der Waals surface area contributed by atoms with Gasteiger partial charge in [-0.15, -0.1) is 0 Å². The van der Waals surface area contributed by atoms with Crippen LogP contribution in [-0.2, 0) is 0 Å². The topological polar surface area (TPSA) is 90.7 Å². The molecule has 0 aliphatic rings. The zero-order valence-electron chi connectivity index (χ0n) is 9.32. The van der Waals surface area contributed by atoms with Gasteiger partial charge in [-0.3, -0.25) is 0 Å². The highest BCUT2D eigenvalue weighted by Crippen LogP contribution is 2.22. The highest BCUT2D eigenvalue weighted by Gasteiger charge is 2.05. The van der Waals surface area contributed by atoms with Gasteiger partial charge in [0.15, 0.2) is 6.33 Å². The summed E-state index contributed by atoms with van der Waals surface area (Å²) < 4.78 is 4.98. The highest BCUT2D eigenvalue weighted by molar-refractivity contribution is 5.65. The molecule has 0 unspecified atom stereocenters. The summed E-state index contributed by atoms with van der Waals surface area (Å²) in [5.41, 5.74) is 8.21. The van der Waals surface area contributed by atoms with Crippen LogP contribution in [0.4, 0.5) is 5.82 Å². The maximum absolute atomic E-state index is 5.62. The molecule has 1 aromatic carbocycles. The minimum atomic E-state index is 0.445. The zero-order chi connectivity index (χ0) is 12.4. The summed E-state index contributed by atoms with van der Waals surface area (Å²) in [5.74, 6) is 0.935. The molecule has 6 heteroatoms. The van der Waals surface area contributed by atoms with Crippen LogP contribution in [0.5, 0.6) is 0 Å². The second-order valence-corrected chi connectivity index (χ2v) is 3.65. The van der Waals surface area contributed by atoms with Gasteiger partial charge >= 0.3 is 0 Å². The monoisotopic (exact) mass is 239 g/mol. The van der Waals surface area contributed by atoms with E-state index in [1.807, 2.05) is 24.3 Å². The fourth-order valence-electron chi connectivity index (χ4n) is 1.61. The normalized spacial score (nSPS) is 10.4. The molecule has 0 saturated carbocycles. The lowest BCUT2D eigenvalue weighted by molar-refractivity contribution is 0.430. The third kappa shape index (κ3) is 1.91. The maximum Gasteiger partial charge on any atom is 0.257 e. The molecule has 2 aromatic heterocycles. The van der Waals surface area contributed by atoms with Crippen LogP contribution in [0.2, 0.25) is 0 Å². The van der Waals surface area contributed by atoms with Crippen molar-refractivity contribution in [3.63, 3.8) is 0 Å². The Hall–Kier alpha value is -2.76. The molecule has 18 heavy (non-hydrogen) atoms. The van der Waals surface area contributed by atoms with E-state index in [0.29, 0.717) is 11.7 Å². The van der Waals surface area contributed by atoms with Crippen molar-refractivity contribution in [2.75, 3.05) is 5.73 Å². The van der Waals surface area contributed by atoms with E-state index < -0.39 is 0 Å². The molecule has 3 rings (SSSR count). The number of aromatic nitrogens is 4. The Morgan fingerprint density at radius 3 is 2.33 bits per heavy atom. The van der Waals surface area contributed by atoms with Crippen LogP contribution in [0.15, 0.2) is 47.5 Å². The molecule has 0 radical (unpaired) electrons. The lowest BCUT2D eigenvalue weighted by Gasteiger charge is -2.01. The van der Waals surface area contributed by atoms with Crippen LogP contribution in [-0.4, -0.2) is 20.1 Å². The number of nitrogens with zero attached hydrogens (tertiary/aromatic N) is 4. The summed E-state index contributed by atoms with van der Waals surface area (Å²) in [6.07, 6.45) is 2.81. The molecule has 2 N–H and O–H groups in total. The number of nitrogens with two attached hydrogens (primary N) is 1. The van der Waals surface area contributed by atoms with Gasteiger partial charge in [0.05, 0.1) is 5.69 Å². The van der Waals surface area contributed by atoms with Gasteiger partial charge in [-0.2, -0.15) is 4.98 Å². The van der Waals surface area contributed by atoms with Crippen molar-refractivity contribution in [2.24, 2.45) is 0 Å². The van der Waals surface area contributed by atoms with Crippen molar-refractivity contribution in [2.45, 2.75) is 0 Å². The molecule has 0 saturated heterocycles. The average molecular weight is 239 g/mol. The second-order valence-electron chi connectivity index (χ2n) is 3.65. The number of hydrogen-bond donors (Lipinski definition) is 1. The fraction of sp³-hybridized carbons (Fsp3) is 0. The van der Waals surface area contributed by atoms with Crippen LogP contribution < -0.4 is 5.73 Å². The minimum absolute atomic E-state index is 0.445. The number of benzene rings is 1. The number of anilines is 1. The quantitative estimate of drug-likeness (QED) is 0.732. The van der Waals surface area contributed by atoms with Crippen LogP contribution in [0.25, 0.3) is 22.7 Å². The molecule has 6 nitrogen and oxygen atoms in total. The van der Waals surface area contributed by atoms with Crippen LogP contribution in [0, 0.1) is 0 Å². The van der Waals surface area contributed by atoms with Crippen molar-refractivity contribution in [3.8, 4) is 22.7 Å². The molecule has 0 fully saturated rings. The molecule has 0 atom stereocenters. The number of rotatable bonds is 2. The third-order valence-corrected chi connectivity index (χ3v) is 2.48. The van der Waals surface area contributed by atoms with Crippen LogP contribution in [0.3, 0.4) is 0 Å². The fourth-order valence-corrected chi connectivity index (χ4v) is 1.61. The van der Waals surface area contributed by atoms with Gasteiger partial charge in [-0.05, 0) is 12.1 Å². The Labute approximate surface area is 103 Å². The first-order valence-corrected chi connectivity index (χ1v) is 5.28. The van der Waals surface area contributed by atoms with Crippen molar-refractivity contribution < 1.29 is 4.52 Å². The Kier molecular flexibility index (Phi) is 2.45. The largest absolute Gasteiger partial charge is 0.384 e. The molecule has 2 heterocycles. The van der Waals surface area contributed by atoms with Gasteiger partial charge in [0.1, 0.15) is 12.1 Å². The van der Waals surface area contributed by atoms with Crippen molar-refractivity contribution in [3.05, 3.63) is 43.0 Å². The predicted octanol–water partition coefficient (Wildman–Crippen LogP) is 1.78. The first kappa shape index (κ1) is 10.4. The van der Waals surface area contributed by atoms with E-state index in [0.717, 1.165) is 16.8 Å². The lowest BCUT2D eigenvalue weighted by Crippen LogP contribution is -1.92. The molecule has 0 aliphatic heterocycles. The van der Waals surface area contributed by atoms with E-state index in [1.165, 1.54) is 12.7 Å². The number of nitrogen functional groups attached to an aromatic ring is 1. The van der Waals surface area contributed by atoms with Crippen LogP contribution in [0.1, 0.15) is 0 Å². The van der Waals surface area contributed by atoms with E-state index in [4.69, 9.17) is 10.3 Å². The molecule has 88 valence electrons. The van der Waals surface area contributed by atoms with Gasteiger partial charge in [0, 0.05) is 17.2 Å². The standard InChI is InChI=1S/C12H9N5O/c13-11-5-10(14-6-15-11)8-1-3-9(4-2-8)12-16-7-17-18-12/h1-7H,(H2,13,14,15). The zero-order valence-corrected chi connectivity index (χ0v) is 9.32. The summed E-state index contributed by atoms with van der Waals surface area (Å²) in [6.45, 7) is 0. The van der Waals surface area contributed by atoms with Crippen LogP contribution >= 0.6 is 0 Å². The molecular formula is C12H9N5O. The Morgan fingerprint density at radius 1 is 0.889 bits per heavy atom. The first-order chi connectivity index (χ1) is 8.83. The minimum Gasteiger partial charge on any atom is -0.384 e. The van der Waals surface area contributed by atoms with Crippen molar-refractivity contribution in [1.82, 2.24) is 20.1 Å². The smallest absolute Gasteiger partial charge is 0.257 e. The van der Waals surface area contributed by atoms with Gasteiger partial charge in [0.25, 0.3) is 5.89 Å². The molecular weight excluding hydrogens is 230 g/mol. The average Bonchev–Trinajstić information content (AvgIpc) is 2.93. The summed E-state index contributed by atoms with van der Waals surface area (Å²) in [7, 11) is 0. The summed E-state index contributed by atoms with van der Waals surface area (Å²) in [5, 5.41) is 3.57. The molecule has 0 aliphatic carbocycles. The Balaban J connectivity index is 1.96. The molecule has 0 spiro atoms. The van der Waals surface area contributed by atoms with E-state index >= 15 is 0 Å². The third-order valence-electron chi connectivity index (χ3n) is 2.48. The van der Waals surface area contributed by atoms with Gasteiger partial charge in [0.2, 0.25) is 0 Å². The SMILES string of the molecule is Nc1cc(-c2ccc(-c3ncno3)cc2)ncn1. The van der Waals surface area contributed by atoms with E-state index in [9.17, 15) is 0 Å².